The van der Waals surface area contributed by atoms with Crippen LogP contribution in [0.2, 0.25) is 0 Å². The van der Waals surface area contributed by atoms with Gasteiger partial charge in [-0.25, -0.2) is 0 Å². The highest BCUT2D eigenvalue weighted by Gasteiger charge is 2.15. The number of anilines is 1. The van der Waals surface area contributed by atoms with E-state index in [1.165, 1.54) is 5.69 Å². The molecule has 1 unspecified atom stereocenters. The fourth-order valence-corrected chi connectivity index (χ4v) is 2.38. The van der Waals surface area contributed by atoms with Gasteiger partial charge in [-0.15, -0.1) is 0 Å². The van der Waals surface area contributed by atoms with Crippen molar-refractivity contribution >= 4 is 28.7 Å². The fourth-order valence-electron chi connectivity index (χ4n) is 2.25. The summed E-state index contributed by atoms with van der Waals surface area (Å²) >= 11 is 5.22. The molecule has 0 spiro atoms. The van der Waals surface area contributed by atoms with Crippen molar-refractivity contribution in [3.63, 3.8) is 0 Å². The van der Waals surface area contributed by atoms with Crippen molar-refractivity contribution in [1.29, 1.82) is 0 Å². The van der Waals surface area contributed by atoms with E-state index in [4.69, 9.17) is 17.0 Å². The molecule has 120 valence electrons. The van der Waals surface area contributed by atoms with Gasteiger partial charge in [-0.3, -0.25) is 5.43 Å². The van der Waals surface area contributed by atoms with Crippen LogP contribution in [0.5, 0.6) is 0 Å². The smallest absolute Gasteiger partial charge is 0.187 e. The van der Waals surface area contributed by atoms with Gasteiger partial charge in [0.2, 0.25) is 0 Å². The van der Waals surface area contributed by atoms with Gasteiger partial charge in [0.05, 0.1) is 11.8 Å². The molecule has 1 heterocycles. The van der Waals surface area contributed by atoms with Crippen LogP contribution in [-0.2, 0) is 4.74 Å². The zero-order valence-electron chi connectivity index (χ0n) is 13.4. The molecule has 22 heavy (non-hydrogen) atoms. The number of thiocarbonyl (C=S) groups is 1. The Hall–Kier alpha value is -1.66. The maximum absolute atomic E-state index is 5.54. The molecule has 5 nitrogen and oxygen atoms in total. The third-order valence-corrected chi connectivity index (χ3v) is 3.88. The Kier molecular flexibility index (Phi) is 6.15. The van der Waals surface area contributed by atoms with Crippen molar-refractivity contribution < 1.29 is 4.74 Å². The van der Waals surface area contributed by atoms with Gasteiger partial charge in [0.25, 0.3) is 0 Å². The van der Waals surface area contributed by atoms with Gasteiger partial charge in [-0.2, -0.15) is 5.10 Å². The SMILES string of the molecule is C/C(=N\NC(=S)NCC1CCCO1)c1ccc(N(C)C)cc1. The number of benzene rings is 1. The van der Waals surface area contributed by atoms with Crippen LogP contribution in [0.3, 0.4) is 0 Å². The molecule has 1 aromatic carbocycles. The normalized spacial score (nSPS) is 18.1. The molecule has 0 aromatic heterocycles. The molecular formula is C16H24N4OS. The van der Waals surface area contributed by atoms with Crippen molar-refractivity contribution in [3.8, 4) is 0 Å². The minimum absolute atomic E-state index is 0.267. The second kappa shape index (κ2) is 8.10. The lowest BCUT2D eigenvalue weighted by atomic mass is 10.1. The van der Waals surface area contributed by atoms with Gasteiger partial charge in [-0.05, 0) is 49.7 Å². The van der Waals surface area contributed by atoms with Gasteiger partial charge in [0, 0.05) is 32.9 Å². The van der Waals surface area contributed by atoms with E-state index in [0.717, 1.165) is 37.3 Å². The molecule has 2 rings (SSSR count). The van der Waals surface area contributed by atoms with E-state index < -0.39 is 0 Å². The minimum Gasteiger partial charge on any atom is -0.378 e. The number of hydrogen-bond acceptors (Lipinski definition) is 4. The molecule has 1 fully saturated rings. The first kappa shape index (κ1) is 16.7. The summed E-state index contributed by atoms with van der Waals surface area (Å²) in [5.41, 5.74) is 6.01. The number of nitrogens with zero attached hydrogens (tertiary/aromatic N) is 2. The summed E-state index contributed by atoms with van der Waals surface area (Å²) in [6.45, 7) is 3.55. The number of hydrazone groups is 1. The number of nitrogens with one attached hydrogen (secondary N) is 2. The van der Waals surface area contributed by atoms with Crippen LogP contribution < -0.4 is 15.6 Å². The van der Waals surface area contributed by atoms with Crippen LogP contribution in [0.15, 0.2) is 29.4 Å². The summed E-state index contributed by atoms with van der Waals surface area (Å²) in [7, 11) is 4.05. The lowest BCUT2D eigenvalue weighted by Crippen LogP contribution is -2.37. The largest absolute Gasteiger partial charge is 0.378 e. The van der Waals surface area contributed by atoms with Crippen LogP contribution in [0.25, 0.3) is 0 Å². The molecule has 6 heteroatoms. The topological polar surface area (TPSA) is 48.9 Å². The zero-order valence-corrected chi connectivity index (χ0v) is 14.2. The predicted molar refractivity (Wildman–Crippen MR) is 95.7 cm³/mol. The third kappa shape index (κ3) is 4.96. The minimum atomic E-state index is 0.267. The lowest BCUT2D eigenvalue weighted by Gasteiger charge is -2.13. The van der Waals surface area contributed by atoms with Gasteiger partial charge in [-0.1, -0.05) is 12.1 Å². The summed E-state index contributed by atoms with van der Waals surface area (Å²) in [5, 5.41) is 7.99. The Morgan fingerprint density at radius 2 is 2.09 bits per heavy atom. The Labute approximate surface area is 137 Å². The molecule has 0 amide bonds. The van der Waals surface area contributed by atoms with Crippen LogP contribution >= 0.6 is 12.2 Å². The molecule has 1 aromatic rings. The highest BCUT2D eigenvalue weighted by atomic mass is 32.1. The molecule has 0 radical (unpaired) electrons. The molecule has 0 saturated carbocycles. The van der Waals surface area contributed by atoms with Gasteiger partial charge in [0.1, 0.15) is 0 Å². The van der Waals surface area contributed by atoms with E-state index in [-0.39, 0.29) is 6.10 Å². The van der Waals surface area contributed by atoms with E-state index in [9.17, 15) is 0 Å². The van der Waals surface area contributed by atoms with Crippen LogP contribution in [0.1, 0.15) is 25.3 Å². The molecule has 1 saturated heterocycles. The summed E-state index contributed by atoms with van der Waals surface area (Å²) in [6, 6.07) is 8.25. The molecule has 0 aliphatic carbocycles. The Balaban J connectivity index is 1.81. The first-order chi connectivity index (χ1) is 10.6. The van der Waals surface area contributed by atoms with Crippen LogP contribution in [0.4, 0.5) is 5.69 Å². The van der Waals surface area contributed by atoms with Crippen molar-refractivity contribution in [3.05, 3.63) is 29.8 Å². The molecule has 1 aliphatic rings. The molecule has 1 atom stereocenters. The Morgan fingerprint density at radius 1 is 1.36 bits per heavy atom. The standard InChI is InChI=1S/C16H24N4OS/c1-12(13-6-8-14(9-7-13)20(2)3)18-19-16(22)17-11-15-5-4-10-21-15/h6-9,15H,4-5,10-11H2,1-3H3,(H2,17,19,22)/b18-12+. The molecular weight excluding hydrogens is 296 g/mol. The van der Waals surface area contributed by atoms with Gasteiger partial charge in [0.15, 0.2) is 5.11 Å². The average molecular weight is 320 g/mol. The van der Waals surface area contributed by atoms with Crippen LogP contribution in [0, 0.1) is 0 Å². The highest BCUT2D eigenvalue weighted by molar-refractivity contribution is 7.80. The highest BCUT2D eigenvalue weighted by Crippen LogP contribution is 2.13. The van der Waals surface area contributed by atoms with Gasteiger partial charge >= 0.3 is 0 Å². The summed E-state index contributed by atoms with van der Waals surface area (Å²) < 4.78 is 5.54. The van der Waals surface area contributed by atoms with E-state index in [2.05, 4.69) is 45.0 Å². The number of hydrogen-bond donors (Lipinski definition) is 2. The second-order valence-electron chi connectivity index (χ2n) is 5.60. The molecule has 0 bridgehead atoms. The maximum atomic E-state index is 5.54. The van der Waals surface area contributed by atoms with Crippen molar-refractivity contribution in [2.75, 3.05) is 32.1 Å². The molecule has 2 N–H and O–H groups in total. The zero-order chi connectivity index (χ0) is 15.9. The Bertz CT molecular complexity index is 521. The predicted octanol–water partition coefficient (Wildman–Crippen LogP) is 2.12. The quantitative estimate of drug-likeness (QED) is 0.494. The third-order valence-electron chi connectivity index (χ3n) is 3.64. The average Bonchev–Trinajstić information content (AvgIpc) is 3.04. The van der Waals surface area contributed by atoms with Crippen LogP contribution in [-0.4, -0.2) is 44.2 Å². The second-order valence-corrected chi connectivity index (χ2v) is 6.00. The maximum Gasteiger partial charge on any atom is 0.187 e. The summed E-state index contributed by atoms with van der Waals surface area (Å²) in [4.78, 5) is 2.07. The number of ether oxygens (including phenoxy) is 1. The van der Waals surface area contributed by atoms with Crippen molar-refractivity contribution in [2.24, 2.45) is 5.10 Å². The number of rotatable bonds is 5. The van der Waals surface area contributed by atoms with E-state index >= 15 is 0 Å². The van der Waals surface area contributed by atoms with E-state index in [1.807, 2.05) is 21.0 Å². The van der Waals surface area contributed by atoms with E-state index in [1.54, 1.807) is 0 Å². The Morgan fingerprint density at radius 3 is 2.68 bits per heavy atom. The monoisotopic (exact) mass is 320 g/mol. The van der Waals surface area contributed by atoms with Gasteiger partial charge < -0.3 is 15.0 Å². The first-order valence-electron chi connectivity index (χ1n) is 7.54. The fraction of sp³-hybridized carbons (Fsp3) is 0.500. The summed E-state index contributed by atoms with van der Waals surface area (Å²) in [6.07, 6.45) is 2.49. The van der Waals surface area contributed by atoms with Crippen molar-refractivity contribution in [2.45, 2.75) is 25.9 Å². The van der Waals surface area contributed by atoms with E-state index in [0.29, 0.717) is 5.11 Å². The lowest BCUT2D eigenvalue weighted by molar-refractivity contribution is 0.114. The molecule has 1 aliphatic heterocycles. The first-order valence-corrected chi connectivity index (χ1v) is 7.94. The summed E-state index contributed by atoms with van der Waals surface area (Å²) in [5.74, 6) is 0. The van der Waals surface area contributed by atoms with Crippen molar-refractivity contribution in [1.82, 2.24) is 10.7 Å².